The first kappa shape index (κ1) is 50.9. The zero-order valence-corrected chi connectivity index (χ0v) is 15.9. The predicted molar refractivity (Wildman–Crippen MR) is 94.9 cm³/mol. The van der Waals surface area contributed by atoms with Gasteiger partial charge in [0.05, 0.1) is 0 Å². The Hall–Kier alpha value is -0.0757. The summed E-state index contributed by atoms with van der Waals surface area (Å²) in [5.74, 6) is 0. The van der Waals surface area contributed by atoms with Crippen LogP contribution >= 0.6 is 24.8 Å². The van der Waals surface area contributed by atoms with E-state index in [4.69, 9.17) is 0 Å². The summed E-state index contributed by atoms with van der Waals surface area (Å²) in [5, 5.41) is 0. The Morgan fingerprint density at radius 2 is 1.53 bits per heavy atom. The molecule has 0 atom stereocenters. The molecule has 0 saturated heterocycles. The van der Waals surface area contributed by atoms with Gasteiger partial charge in [0, 0.05) is 0 Å². The molecule has 1 aromatic heterocycles. The zero-order valence-electron chi connectivity index (χ0n) is 12.7. The van der Waals surface area contributed by atoms with Crippen LogP contribution in [0.3, 0.4) is 0 Å². The Morgan fingerprint density at radius 3 is 1.63 bits per heavy atom. The maximum atomic E-state index is 3.25. The van der Waals surface area contributed by atoms with Crippen LogP contribution in [0.4, 0.5) is 0 Å². The molecule has 0 aliphatic heterocycles. The molecule has 0 bridgehead atoms. The third-order valence-corrected chi connectivity index (χ3v) is 1.03. The van der Waals surface area contributed by atoms with E-state index in [9.17, 15) is 0 Å². The van der Waals surface area contributed by atoms with Gasteiger partial charge in [-0.25, -0.2) is 12.2 Å². The molecule has 1 aliphatic rings. The van der Waals surface area contributed by atoms with Crippen molar-refractivity contribution in [2.24, 2.45) is 0 Å². The van der Waals surface area contributed by atoms with Crippen molar-refractivity contribution in [3.8, 4) is 0 Å². The summed E-state index contributed by atoms with van der Waals surface area (Å²) < 4.78 is 0. The van der Waals surface area contributed by atoms with Gasteiger partial charge < -0.3 is 42.1 Å². The summed E-state index contributed by atoms with van der Waals surface area (Å²) in [6.45, 7) is 0. The van der Waals surface area contributed by atoms with E-state index in [2.05, 4.69) is 28.2 Å². The van der Waals surface area contributed by atoms with Crippen LogP contribution in [0.2, 0.25) is 0 Å². The van der Waals surface area contributed by atoms with E-state index in [1.54, 1.807) is 20.0 Å². The monoisotopic (exact) mass is 340 g/mol. The third-order valence-electron chi connectivity index (χ3n) is 1.03. The van der Waals surface area contributed by atoms with Crippen LogP contribution in [0.15, 0.2) is 36.6 Å². The van der Waals surface area contributed by atoms with Crippen LogP contribution in [0, 0.1) is 49.4 Å². The molecule has 1 aliphatic carbocycles. The van der Waals surface area contributed by atoms with Crippen LogP contribution in [0.1, 0.15) is 6.42 Å². The summed E-state index contributed by atoms with van der Waals surface area (Å²) >= 11 is 1.75. The minimum Gasteiger partial charge on any atom is -0.484 e. The first-order valence-electron chi connectivity index (χ1n) is 3.56. The fourth-order valence-electron chi connectivity index (χ4n) is 0.581. The minimum atomic E-state index is 0. The predicted octanol–water partition coefficient (Wildman–Crippen LogP) is 5.18. The molecule has 0 saturated carbocycles. The fraction of sp³-hybridized carbons (Fsp3) is 0.0667. The van der Waals surface area contributed by atoms with Crippen LogP contribution < -0.4 is 0 Å². The van der Waals surface area contributed by atoms with E-state index in [1.807, 2.05) is 30.5 Å². The molecule has 0 aromatic carbocycles. The molecule has 0 unspecified atom stereocenters. The summed E-state index contributed by atoms with van der Waals surface area (Å²) in [7, 11) is 0. The Balaban J connectivity index is -0.0000000142. The molecule has 1 aromatic rings. The Morgan fingerprint density at radius 1 is 1.00 bits per heavy atom. The molecule has 0 fully saturated rings. The van der Waals surface area contributed by atoms with Gasteiger partial charge in [0.2, 0.25) is 0 Å². The van der Waals surface area contributed by atoms with E-state index in [0.29, 0.717) is 0 Å². The molecule has 0 radical (unpaired) electrons. The van der Waals surface area contributed by atoms with Crippen molar-refractivity contribution in [2.75, 3.05) is 0 Å². The summed E-state index contributed by atoms with van der Waals surface area (Å²) in [6, 6.07) is 3.71. The van der Waals surface area contributed by atoms with Crippen molar-refractivity contribution in [3.05, 3.63) is 86.0 Å². The third kappa shape index (κ3) is 46.1. The number of hydrogen-bond acceptors (Lipinski definition) is 0. The van der Waals surface area contributed by atoms with Gasteiger partial charge in [-0.05, 0) is 0 Å². The van der Waals surface area contributed by atoms with E-state index < -0.39 is 0 Å². The Kier molecular flexibility index (Phi) is 140. The van der Waals surface area contributed by atoms with Gasteiger partial charge in [-0.2, -0.15) is 24.4 Å². The smallest absolute Gasteiger partial charge is 0.108 e. The summed E-state index contributed by atoms with van der Waals surface area (Å²) in [4.78, 5) is 5.99. The second-order valence-corrected chi connectivity index (χ2v) is 1.82. The number of aromatic nitrogens is 1. The maximum absolute atomic E-state index is 3.25. The van der Waals surface area contributed by atoms with Crippen molar-refractivity contribution in [1.82, 2.24) is 4.98 Å². The first-order chi connectivity index (χ1) is 6.00. The topological polar surface area (TPSA) is 15.8 Å². The number of allylic oxidation sites excluding steroid dienone is 4. The molecule has 1 N–H and O–H groups in total. The largest absolute Gasteiger partial charge is 0.484 e. The van der Waals surface area contributed by atoms with Crippen molar-refractivity contribution >= 4 is 29.6 Å². The van der Waals surface area contributed by atoms with Crippen molar-refractivity contribution in [1.29, 1.82) is 0 Å². The van der Waals surface area contributed by atoms with E-state index in [1.165, 1.54) is 0 Å². The van der Waals surface area contributed by atoms with Gasteiger partial charge in [-0.1, -0.05) is 0 Å². The fourth-order valence-corrected chi connectivity index (χ4v) is 0.581. The van der Waals surface area contributed by atoms with Crippen LogP contribution in [0.25, 0.3) is 0 Å². The molecular formula is C15H28Cl2NTi-7. The number of halogens is 2. The Labute approximate surface area is 146 Å². The molecule has 0 amide bonds. The van der Waals surface area contributed by atoms with E-state index in [0.717, 1.165) is 6.42 Å². The molecule has 2 rings (SSSR count). The number of H-pyrrole nitrogens is 1. The average Bonchev–Trinajstić information content (AvgIpc) is 2.87. The van der Waals surface area contributed by atoms with Crippen molar-refractivity contribution in [3.63, 3.8) is 0 Å². The number of nitrogens with one attached hydrogen (secondary N) is 1. The van der Waals surface area contributed by atoms with Crippen LogP contribution in [-0.4, -0.2) is 9.80 Å². The van der Waals surface area contributed by atoms with E-state index >= 15 is 0 Å². The zero-order chi connectivity index (χ0) is 9.07. The summed E-state index contributed by atoms with van der Waals surface area (Å²) in [6.07, 6.45) is 14.6. The van der Waals surface area contributed by atoms with Gasteiger partial charge in [0.25, 0.3) is 0 Å². The second kappa shape index (κ2) is 52.1. The standard InChI is InChI=1S/C5H5.C4H4N.5CH3.CH2.2ClH.Ti/c2*1-2-4-5-3-1;;;;;;;;;/h1-3H,4H2;1-3,5H;5*1H3;1H2;2*1H;/q7*-1;;;;. The molecule has 1 nitrogen and oxygen atoms in total. The molecule has 4 heteroatoms. The molecule has 19 heavy (non-hydrogen) atoms. The second-order valence-electron chi connectivity index (χ2n) is 1.82. The van der Waals surface area contributed by atoms with Gasteiger partial charge >= 0.3 is 24.8 Å². The quantitative estimate of drug-likeness (QED) is 0.494. The van der Waals surface area contributed by atoms with Crippen molar-refractivity contribution < 1.29 is 20.0 Å². The van der Waals surface area contributed by atoms with Crippen molar-refractivity contribution in [2.45, 2.75) is 6.42 Å². The van der Waals surface area contributed by atoms with E-state index in [-0.39, 0.29) is 61.9 Å². The SMILES string of the molecule is Cl.Cl.[C-]1=CC=CC1.[CH2]=[Ti].[CH3-].[CH3-].[CH3-].[CH3-].[CH3-].[c-]1ccc[nH]1. The normalized spacial score (nSPS) is 6.89. The van der Waals surface area contributed by atoms with Gasteiger partial charge in [0.1, 0.15) is 0 Å². The number of hydrogen-bond donors (Lipinski definition) is 1. The minimum absolute atomic E-state index is 0. The molecule has 118 valence electrons. The molecule has 0 spiro atoms. The van der Waals surface area contributed by atoms with Gasteiger partial charge in [-0.3, -0.25) is 6.08 Å². The van der Waals surface area contributed by atoms with Gasteiger partial charge in [-0.15, -0.1) is 37.4 Å². The van der Waals surface area contributed by atoms with Gasteiger partial charge in [0.15, 0.2) is 0 Å². The van der Waals surface area contributed by atoms with Crippen LogP contribution in [-0.2, 0) is 20.0 Å². The number of rotatable bonds is 0. The number of aromatic amines is 1. The summed E-state index contributed by atoms with van der Waals surface area (Å²) in [5.41, 5.74) is 0. The average molecular weight is 341 g/mol. The molecular weight excluding hydrogens is 313 g/mol. The van der Waals surface area contributed by atoms with Crippen LogP contribution in [0.5, 0.6) is 0 Å². The Bertz CT molecular complexity index is 195. The maximum Gasteiger partial charge on any atom is -0.108 e. The first-order valence-corrected chi connectivity index (χ1v) is 4.67. The molecule has 1 heterocycles.